The van der Waals surface area contributed by atoms with Crippen molar-refractivity contribution in [2.75, 3.05) is 0 Å². The summed E-state index contributed by atoms with van der Waals surface area (Å²) in [6.07, 6.45) is -2.26. The van der Waals surface area contributed by atoms with Crippen LogP contribution < -0.4 is 5.32 Å². The molecule has 1 amide bonds. The molecule has 0 aliphatic carbocycles. The Balaban J connectivity index is 1.44. The van der Waals surface area contributed by atoms with Crippen LogP contribution in [0.4, 0.5) is 13.2 Å². The minimum absolute atomic E-state index is 0.0534. The molecule has 34 heavy (non-hydrogen) atoms. The maximum Gasteiger partial charge on any atom is 0.434 e. The number of nitrogens with zero attached hydrogens (tertiary/aromatic N) is 2. The lowest BCUT2D eigenvalue weighted by Crippen LogP contribution is -2.26. The molecule has 0 bridgehead atoms. The van der Waals surface area contributed by atoms with Gasteiger partial charge < -0.3 is 14.5 Å². The number of hydrogen-bond acceptors (Lipinski definition) is 4. The SMILES string of the molecule is Cc1ccc(-n2ncc(C(=O)NCc3cccc(COCc4ccco4)c3)c2C(F)(F)F)cc1. The zero-order chi connectivity index (χ0) is 24.1. The lowest BCUT2D eigenvalue weighted by molar-refractivity contribution is -0.143. The van der Waals surface area contributed by atoms with E-state index in [1.807, 2.05) is 25.1 Å². The van der Waals surface area contributed by atoms with Gasteiger partial charge in [0.25, 0.3) is 5.91 Å². The third-order valence-corrected chi connectivity index (χ3v) is 5.10. The van der Waals surface area contributed by atoms with Crippen LogP contribution in [0.15, 0.2) is 77.5 Å². The van der Waals surface area contributed by atoms with Gasteiger partial charge in [-0.15, -0.1) is 0 Å². The third-order valence-electron chi connectivity index (χ3n) is 5.10. The predicted molar refractivity (Wildman–Crippen MR) is 118 cm³/mol. The number of benzene rings is 2. The first-order chi connectivity index (χ1) is 16.3. The van der Waals surface area contributed by atoms with Crippen LogP contribution in [0.25, 0.3) is 5.69 Å². The molecule has 2 heterocycles. The van der Waals surface area contributed by atoms with Gasteiger partial charge in [-0.3, -0.25) is 4.79 Å². The molecule has 0 unspecified atom stereocenters. The quantitative estimate of drug-likeness (QED) is 0.373. The molecule has 0 fully saturated rings. The summed E-state index contributed by atoms with van der Waals surface area (Å²) >= 11 is 0. The second kappa shape index (κ2) is 9.96. The highest BCUT2D eigenvalue weighted by atomic mass is 19.4. The molecule has 2 aromatic heterocycles. The lowest BCUT2D eigenvalue weighted by Gasteiger charge is -2.13. The van der Waals surface area contributed by atoms with E-state index in [1.165, 1.54) is 12.1 Å². The average molecular weight is 469 g/mol. The molecule has 0 saturated carbocycles. The fourth-order valence-corrected chi connectivity index (χ4v) is 3.44. The van der Waals surface area contributed by atoms with Crippen molar-refractivity contribution in [1.82, 2.24) is 15.1 Å². The molecule has 0 aliphatic heterocycles. The van der Waals surface area contributed by atoms with E-state index < -0.39 is 23.3 Å². The van der Waals surface area contributed by atoms with Crippen LogP contribution in [0.3, 0.4) is 0 Å². The van der Waals surface area contributed by atoms with Crippen LogP contribution in [0, 0.1) is 6.92 Å². The van der Waals surface area contributed by atoms with Gasteiger partial charge in [0.2, 0.25) is 0 Å². The number of hydrogen-bond donors (Lipinski definition) is 1. The van der Waals surface area contributed by atoms with Crippen molar-refractivity contribution in [3.8, 4) is 5.69 Å². The van der Waals surface area contributed by atoms with Crippen LogP contribution in [0.2, 0.25) is 0 Å². The molecule has 4 rings (SSSR count). The Morgan fingerprint density at radius 2 is 1.82 bits per heavy atom. The molecule has 0 atom stereocenters. The van der Waals surface area contributed by atoms with Crippen molar-refractivity contribution >= 4 is 5.91 Å². The first-order valence-corrected chi connectivity index (χ1v) is 10.5. The van der Waals surface area contributed by atoms with E-state index in [1.54, 1.807) is 36.6 Å². The van der Waals surface area contributed by atoms with Crippen molar-refractivity contribution < 1.29 is 27.1 Å². The number of rotatable bonds is 8. The number of furan rings is 1. The van der Waals surface area contributed by atoms with Gasteiger partial charge in [-0.25, -0.2) is 4.68 Å². The topological polar surface area (TPSA) is 69.3 Å². The van der Waals surface area contributed by atoms with E-state index in [-0.39, 0.29) is 12.2 Å². The van der Waals surface area contributed by atoms with Crippen LogP contribution in [0.5, 0.6) is 0 Å². The maximum absolute atomic E-state index is 13.8. The molecule has 176 valence electrons. The monoisotopic (exact) mass is 469 g/mol. The molecule has 9 heteroatoms. The van der Waals surface area contributed by atoms with Crippen LogP contribution in [-0.2, 0) is 30.7 Å². The minimum Gasteiger partial charge on any atom is -0.467 e. The number of aromatic nitrogens is 2. The highest BCUT2D eigenvalue weighted by molar-refractivity contribution is 5.95. The fourth-order valence-electron chi connectivity index (χ4n) is 3.44. The number of halogens is 3. The van der Waals surface area contributed by atoms with E-state index in [0.717, 1.165) is 27.6 Å². The maximum atomic E-state index is 13.8. The first kappa shape index (κ1) is 23.3. The number of ether oxygens (including phenoxy) is 1. The Hall–Kier alpha value is -3.85. The molecular weight excluding hydrogens is 447 g/mol. The molecule has 1 N–H and O–H groups in total. The highest BCUT2D eigenvalue weighted by Crippen LogP contribution is 2.33. The second-order valence-corrected chi connectivity index (χ2v) is 7.73. The molecule has 0 spiro atoms. The number of amides is 1. The van der Waals surface area contributed by atoms with E-state index in [0.29, 0.717) is 19.0 Å². The zero-order valence-corrected chi connectivity index (χ0v) is 18.3. The van der Waals surface area contributed by atoms with Gasteiger partial charge >= 0.3 is 6.18 Å². The van der Waals surface area contributed by atoms with Crippen molar-refractivity contribution in [1.29, 1.82) is 0 Å². The fraction of sp³-hybridized carbons (Fsp3) is 0.200. The van der Waals surface area contributed by atoms with Crippen LogP contribution in [0.1, 0.15) is 38.5 Å². The smallest absolute Gasteiger partial charge is 0.434 e. The molecule has 0 saturated heterocycles. The number of alkyl halides is 3. The van der Waals surface area contributed by atoms with E-state index in [2.05, 4.69) is 10.4 Å². The minimum atomic E-state index is -4.76. The summed E-state index contributed by atoms with van der Waals surface area (Å²) in [7, 11) is 0. The van der Waals surface area contributed by atoms with Gasteiger partial charge in [0.15, 0.2) is 5.69 Å². The third kappa shape index (κ3) is 5.55. The molecule has 0 radical (unpaired) electrons. The Kier molecular flexibility index (Phi) is 6.83. The molecule has 4 aromatic rings. The number of aryl methyl sites for hydroxylation is 1. The number of carbonyl (C=O) groups is 1. The summed E-state index contributed by atoms with van der Waals surface area (Å²) < 4.78 is 53.1. The van der Waals surface area contributed by atoms with E-state index in [4.69, 9.17) is 9.15 Å². The Labute approximate surface area is 194 Å². The largest absolute Gasteiger partial charge is 0.467 e. The molecule has 6 nitrogen and oxygen atoms in total. The summed E-state index contributed by atoms with van der Waals surface area (Å²) in [5.74, 6) is -0.153. The van der Waals surface area contributed by atoms with Crippen molar-refractivity contribution in [3.05, 3.63) is 107 Å². The van der Waals surface area contributed by atoms with Crippen molar-refractivity contribution in [2.24, 2.45) is 0 Å². The van der Waals surface area contributed by atoms with Gasteiger partial charge in [0.05, 0.1) is 30.3 Å². The zero-order valence-electron chi connectivity index (χ0n) is 18.3. The summed E-state index contributed by atoms with van der Waals surface area (Å²) in [6, 6.07) is 17.3. The summed E-state index contributed by atoms with van der Waals surface area (Å²) in [5.41, 5.74) is 1.06. The normalized spacial score (nSPS) is 11.5. The number of nitrogens with one attached hydrogen (secondary N) is 1. The summed E-state index contributed by atoms with van der Waals surface area (Å²) in [6.45, 7) is 2.53. The van der Waals surface area contributed by atoms with Crippen LogP contribution in [-0.4, -0.2) is 15.7 Å². The summed E-state index contributed by atoms with van der Waals surface area (Å²) in [5, 5.41) is 6.40. The Morgan fingerprint density at radius 3 is 2.53 bits per heavy atom. The van der Waals surface area contributed by atoms with Gasteiger partial charge in [-0.2, -0.15) is 18.3 Å². The standard InChI is InChI=1S/C25H22F3N3O3/c1-17-7-9-20(10-8-17)31-23(25(26,27)28)22(14-30-31)24(32)29-13-18-4-2-5-19(12-18)15-33-16-21-6-3-11-34-21/h2-12,14H,13,15-16H2,1H3,(H,29,32). The van der Waals surface area contributed by atoms with Gasteiger partial charge in [0, 0.05) is 6.54 Å². The van der Waals surface area contributed by atoms with Crippen molar-refractivity contribution in [3.63, 3.8) is 0 Å². The lowest BCUT2D eigenvalue weighted by atomic mass is 10.1. The average Bonchev–Trinajstić information content (AvgIpc) is 3.48. The van der Waals surface area contributed by atoms with Gasteiger partial charge in [-0.1, -0.05) is 42.0 Å². The van der Waals surface area contributed by atoms with E-state index >= 15 is 0 Å². The van der Waals surface area contributed by atoms with Gasteiger partial charge in [0.1, 0.15) is 12.4 Å². The van der Waals surface area contributed by atoms with Gasteiger partial charge in [-0.05, 0) is 42.3 Å². The Bertz CT molecular complexity index is 1250. The summed E-state index contributed by atoms with van der Waals surface area (Å²) in [4.78, 5) is 12.7. The Morgan fingerprint density at radius 1 is 1.06 bits per heavy atom. The highest BCUT2D eigenvalue weighted by Gasteiger charge is 2.40. The second-order valence-electron chi connectivity index (χ2n) is 7.73. The first-order valence-electron chi connectivity index (χ1n) is 10.5. The number of carbonyl (C=O) groups excluding carboxylic acids is 1. The van der Waals surface area contributed by atoms with Crippen molar-refractivity contribution in [2.45, 2.75) is 32.9 Å². The molecular formula is C25H22F3N3O3. The molecule has 2 aromatic carbocycles. The van der Waals surface area contributed by atoms with E-state index in [9.17, 15) is 18.0 Å². The molecule has 0 aliphatic rings. The van der Waals surface area contributed by atoms with Crippen LogP contribution >= 0.6 is 0 Å². The predicted octanol–water partition coefficient (Wildman–Crippen LogP) is 5.44.